The molecule has 0 saturated heterocycles. The SMILES string of the molecule is CCCCC/C=C\C/C=C\CCCCCCCCC(N)CN(CCCCCCCC/C=C\C/C=C\CCCCC)CCCCCCCC/C=C\C/C=C\CCCCC. The van der Waals surface area contributed by atoms with Crippen LogP contribution in [0.15, 0.2) is 72.9 Å². The molecule has 0 heterocycles. The molecular weight excluding hydrogens is 701 g/mol. The van der Waals surface area contributed by atoms with Crippen molar-refractivity contribution in [2.75, 3.05) is 19.6 Å². The number of nitrogens with two attached hydrogens (primary N) is 1. The lowest BCUT2D eigenvalue weighted by atomic mass is 10.0. The number of hydrogen-bond donors (Lipinski definition) is 1. The van der Waals surface area contributed by atoms with Gasteiger partial charge in [-0.2, -0.15) is 0 Å². The van der Waals surface area contributed by atoms with Gasteiger partial charge in [0.1, 0.15) is 0 Å². The molecule has 0 rings (SSSR count). The highest BCUT2D eigenvalue weighted by molar-refractivity contribution is 4.94. The van der Waals surface area contributed by atoms with Crippen molar-refractivity contribution in [1.82, 2.24) is 4.90 Å². The van der Waals surface area contributed by atoms with Gasteiger partial charge in [0.25, 0.3) is 0 Å². The van der Waals surface area contributed by atoms with Crippen molar-refractivity contribution in [2.45, 2.75) is 264 Å². The molecule has 0 radical (unpaired) electrons. The highest BCUT2D eigenvalue weighted by Crippen LogP contribution is 2.14. The molecule has 0 aliphatic carbocycles. The van der Waals surface area contributed by atoms with Gasteiger partial charge < -0.3 is 10.6 Å². The fourth-order valence-corrected chi connectivity index (χ4v) is 7.76. The minimum atomic E-state index is 0.333. The van der Waals surface area contributed by atoms with Crippen molar-refractivity contribution >= 4 is 0 Å². The number of nitrogens with zero attached hydrogens (tertiary/aromatic N) is 1. The van der Waals surface area contributed by atoms with Crippen molar-refractivity contribution < 1.29 is 0 Å². The molecular formula is C56H104N2. The summed E-state index contributed by atoms with van der Waals surface area (Å²) in [5, 5.41) is 0. The normalized spacial score (nSPS) is 13.2. The Morgan fingerprint density at radius 2 is 0.569 bits per heavy atom. The van der Waals surface area contributed by atoms with Crippen LogP contribution < -0.4 is 5.73 Å². The molecule has 0 bridgehead atoms. The first-order chi connectivity index (χ1) is 28.7. The minimum Gasteiger partial charge on any atom is -0.327 e. The van der Waals surface area contributed by atoms with Gasteiger partial charge in [-0.1, -0.05) is 216 Å². The third-order valence-electron chi connectivity index (χ3n) is 11.6. The zero-order valence-corrected chi connectivity index (χ0v) is 39.8. The number of rotatable bonds is 47. The van der Waals surface area contributed by atoms with E-state index < -0.39 is 0 Å². The Balaban J connectivity index is 4.24. The lowest BCUT2D eigenvalue weighted by Gasteiger charge is -2.26. The number of allylic oxidation sites excluding steroid dienone is 12. The Bertz CT molecular complexity index is 890. The Labute approximate surface area is 366 Å². The van der Waals surface area contributed by atoms with Crippen LogP contribution in [-0.2, 0) is 0 Å². The van der Waals surface area contributed by atoms with Crippen LogP contribution in [0.3, 0.4) is 0 Å². The molecule has 0 aromatic rings. The van der Waals surface area contributed by atoms with E-state index in [0.717, 1.165) is 25.8 Å². The van der Waals surface area contributed by atoms with E-state index in [1.54, 1.807) is 0 Å². The topological polar surface area (TPSA) is 29.3 Å². The molecule has 0 amide bonds. The maximum absolute atomic E-state index is 6.79. The van der Waals surface area contributed by atoms with Crippen LogP contribution >= 0.6 is 0 Å². The van der Waals surface area contributed by atoms with Gasteiger partial charge in [0, 0.05) is 12.6 Å². The molecule has 0 saturated carbocycles. The van der Waals surface area contributed by atoms with Gasteiger partial charge in [-0.05, 0) is 129 Å². The molecule has 58 heavy (non-hydrogen) atoms. The van der Waals surface area contributed by atoms with Gasteiger partial charge >= 0.3 is 0 Å². The Morgan fingerprint density at radius 1 is 0.310 bits per heavy atom. The minimum absolute atomic E-state index is 0.333. The fraction of sp³-hybridized carbons (Fsp3) is 0.786. The van der Waals surface area contributed by atoms with Crippen molar-refractivity contribution in [3.8, 4) is 0 Å². The summed E-state index contributed by atoms with van der Waals surface area (Å²) in [7, 11) is 0. The van der Waals surface area contributed by atoms with Gasteiger partial charge in [0.05, 0.1) is 0 Å². The Kier molecular flexibility index (Phi) is 50.0. The maximum Gasteiger partial charge on any atom is 0.0167 e. The fourth-order valence-electron chi connectivity index (χ4n) is 7.76. The summed E-state index contributed by atoms with van der Waals surface area (Å²) in [4.78, 5) is 2.74. The Morgan fingerprint density at radius 3 is 0.879 bits per heavy atom. The highest BCUT2D eigenvalue weighted by atomic mass is 15.1. The molecule has 0 aromatic carbocycles. The van der Waals surface area contributed by atoms with Crippen molar-refractivity contribution in [3.63, 3.8) is 0 Å². The first-order valence-electron chi connectivity index (χ1n) is 26.1. The van der Waals surface area contributed by atoms with E-state index in [4.69, 9.17) is 5.73 Å². The molecule has 1 atom stereocenters. The van der Waals surface area contributed by atoms with Gasteiger partial charge in [-0.3, -0.25) is 0 Å². The first-order valence-corrected chi connectivity index (χ1v) is 26.1. The molecule has 0 aliphatic heterocycles. The van der Waals surface area contributed by atoms with Crippen LogP contribution in [0.4, 0.5) is 0 Å². The van der Waals surface area contributed by atoms with Crippen LogP contribution in [0.5, 0.6) is 0 Å². The number of unbranched alkanes of at least 4 members (excludes halogenated alkanes) is 27. The van der Waals surface area contributed by atoms with Crippen LogP contribution in [0, 0.1) is 0 Å². The van der Waals surface area contributed by atoms with E-state index in [0.29, 0.717) is 6.04 Å². The zero-order valence-electron chi connectivity index (χ0n) is 39.8. The summed E-state index contributed by atoms with van der Waals surface area (Å²) in [5.41, 5.74) is 6.79. The lowest BCUT2D eigenvalue weighted by molar-refractivity contribution is 0.239. The van der Waals surface area contributed by atoms with Crippen molar-refractivity contribution in [3.05, 3.63) is 72.9 Å². The first kappa shape index (κ1) is 56.4. The monoisotopic (exact) mass is 805 g/mol. The van der Waals surface area contributed by atoms with Crippen LogP contribution in [0.25, 0.3) is 0 Å². The molecule has 0 aromatic heterocycles. The van der Waals surface area contributed by atoms with Gasteiger partial charge in [0.15, 0.2) is 0 Å². The quantitative estimate of drug-likeness (QED) is 0.0490. The van der Waals surface area contributed by atoms with Gasteiger partial charge in [0.2, 0.25) is 0 Å². The summed E-state index contributed by atoms with van der Waals surface area (Å²) < 4.78 is 0. The average Bonchev–Trinajstić information content (AvgIpc) is 3.23. The zero-order chi connectivity index (χ0) is 41.9. The summed E-state index contributed by atoms with van der Waals surface area (Å²) >= 11 is 0. The standard InChI is InChI=1S/C56H104N2/c1-4-7-10-13-16-19-22-25-28-31-34-37-40-43-46-49-52-56(57)55-58(53-50-47-44-41-38-35-32-29-26-23-20-17-14-11-8-5-2)54-51-48-45-42-39-36-33-30-27-24-21-18-15-12-9-6-3/h16-21,25-30,56H,4-15,22-24,31-55,57H2,1-3H3/b19-16-,20-17-,21-18-,28-25-,29-26-,30-27-. The van der Waals surface area contributed by atoms with E-state index in [1.807, 2.05) is 0 Å². The molecule has 2 nitrogen and oxygen atoms in total. The second-order valence-corrected chi connectivity index (χ2v) is 17.6. The molecule has 0 fully saturated rings. The third kappa shape index (κ3) is 48.7. The van der Waals surface area contributed by atoms with Crippen LogP contribution in [0.2, 0.25) is 0 Å². The number of hydrogen-bond acceptors (Lipinski definition) is 2. The van der Waals surface area contributed by atoms with E-state index >= 15 is 0 Å². The van der Waals surface area contributed by atoms with Crippen LogP contribution in [-0.4, -0.2) is 30.6 Å². The van der Waals surface area contributed by atoms with Crippen molar-refractivity contribution in [2.24, 2.45) is 5.73 Å². The van der Waals surface area contributed by atoms with Crippen molar-refractivity contribution in [1.29, 1.82) is 0 Å². The second kappa shape index (κ2) is 51.5. The predicted octanol–water partition coefficient (Wildman–Crippen LogP) is 18.4. The summed E-state index contributed by atoms with van der Waals surface area (Å²) in [5.74, 6) is 0. The van der Waals surface area contributed by atoms with E-state index in [-0.39, 0.29) is 0 Å². The van der Waals surface area contributed by atoms with Crippen LogP contribution in [0.1, 0.15) is 258 Å². The second-order valence-electron chi connectivity index (χ2n) is 17.6. The smallest absolute Gasteiger partial charge is 0.0167 e. The summed E-state index contributed by atoms with van der Waals surface area (Å²) in [6, 6.07) is 0.333. The van der Waals surface area contributed by atoms with E-state index in [9.17, 15) is 0 Å². The maximum atomic E-state index is 6.79. The molecule has 338 valence electrons. The van der Waals surface area contributed by atoms with Gasteiger partial charge in [-0.15, -0.1) is 0 Å². The summed E-state index contributed by atoms with van der Waals surface area (Å²) in [6.07, 6.45) is 77.1. The van der Waals surface area contributed by atoms with E-state index in [2.05, 4.69) is 98.6 Å². The highest BCUT2D eigenvalue weighted by Gasteiger charge is 2.11. The molecule has 0 spiro atoms. The summed E-state index contributed by atoms with van der Waals surface area (Å²) in [6.45, 7) is 10.4. The molecule has 0 aliphatic rings. The average molecular weight is 805 g/mol. The Hall–Kier alpha value is -1.64. The third-order valence-corrected chi connectivity index (χ3v) is 11.6. The predicted molar refractivity (Wildman–Crippen MR) is 267 cm³/mol. The van der Waals surface area contributed by atoms with Gasteiger partial charge in [-0.25, -0.2) is 0 Å². The molecule has 1 unspecified atom stereocenters. The lowest BCUT2D eigenvalue weighted by Crippen LogP contribution is -2.38. The molecule has 2 N–H and O–H groups in total. The molecule has 2 heteroatoms. The van der Waals surface area contributed by atoms with E-state index in [1.165, 1.54) is 231 Å². The largest absolute Gasteiger partial charge is 0.327 e.